The minimum Gasteiger partial charge on any atom is -0.462 e. The maximum absolute atomic E-state index is 12.8. The van der Waals surface area contributed by atoms with Gasteiger partial charge in [0.05, 0.1) is 0 Å². The van der Waals surface area contributed by atoms with Gasteiger partial charge in [0.1, 0.15) is 23.6 Å². The lowest BCUT2D eigenvalue weighted by atomic mass is 10.0. The van der Waals surface area contributed by atoms with E-state index in [1.165, 1.54) is 96.3 Å². The predicted octanol–water partition coefficient (Wildman–Crippen LogP) is 13.3. The van der Waals surface area contributed by atoms with Crippen LogP contribution in [0.2, 0.25) is 0 Å². The fraction of sp³-hybridized carbons (Fsp3) is 0.878. The van der Waals surface area contributed by atoms with E-state index in [-0.39, 0.29) is 29.6 Å². The molecule has 1 rings (SSSR count). The summed E-state index contributed by atoms with van der Waals surface area (Å²) in [6, 6.07) is 0. The molecule has 1 aromatic rings. The van der Waals surface area contributed by atoms with Gasteiger partial charge in [-0.15, -0.1) is 0 Å². The average molecular weight is 803 g/mol. The summed E-state index contributed by atoms with van der Waals surface area (Å²) in [5.74, 6) is -0.100. The Morgan fingerprint density at radius 1 is 0.474 bits per heavy atom. The van der Waals surface area contributed by atoms with Crippen LogP contribution >= 0.6 is 0 Å². The second-order valence-electron chi connectivity index (χ2n) is 17.0. The number of esters is 2. The molecule has 0 aliphatic heterocycles. The van der Waals surface area contributed by atoms with Gasteiger partial charge in [-0.1, -0.05) is 163 Å². The highest BCUT2D eigenvalue weighted by atomic mass is 16.5. The van der Waals surface area contributed by atoms with Gasteiger partial charge >= 0.3 is 11.9 Å². The van der Waals surface area contributed by atoms with Crippen molar-refractivity contribution >= 4 is 23.3 Å². The first-order valence-corrected chi connectivity index (χ1v) is 24.5. The number of hydrogen-bond acceptors (Lipinski definition) is 8. The van der Waals surface area contributed by atoms with Crippen LogP contribution in [0.3, 0.4) is 0 Å². The van der Waals surface area contributed by atoms with E-state index in [1.54, 1.807) is 7.05 Å². The van der Waals surface area contributed by atoms with Crippen molar-refractivity contribution in [2.75, 3.05) is 30.4 Å². The molecule has 8 heteroatoms. The minimum absolute atomic E-state index is 0.0355. The zero-order chi connectivity index (χ0) is 41.8. The number of ether oxygens (including phenoxy) is 2. The second kappa shape index (κ2) is 36.7. The highest BCUT2D eigenvalue weighted by molar-refractivity contribution is 5.75. The zero-order valence-electron chi connectivity index (χ0n) is 38.0. The van der Waals surface area contributed by atoms with Gasteiger partial charge in [-0.05, 0) is 70.6 Å². The molecule has 8 nitrogen and oxygen atoms in total. The van der Waals surface area contributed by atoms with Crippen molar-refractivity contribution in [3.05, 3.63) is 20.4 Å². The van der Waals surface area contributed by atoms with Crippen molar-refractivity contribution in [3.63, 3.8) is 0 Å². The molecule has 0 fully saturated rings. The lowest BCUT2D eigenvalue weighted by molar-refractivity contribution is -0.150. The fourth-order valence-electron chi connectivity index (χ4n) is 8.01. The summed E-state index contributed by atoms with van der Waals surface area (Å²) >= 11 is 0. The molecule has 0 saturated heterocycles. The van der Waals surface area contributed by atoms with Gasteiger partial charge in [-0.25, -0.2) is 0 Å². The van der Waals surface area contributed by atoms with E-state index < -0.39 is 5.43 Å². The van der Waals surface area contributed by atoms with Crippen molar-refractivity contribution in [1.29, 1.82) is 0 Å². The third-order valence-electron chi connectivity index (χ3n) is 11.8. The number of nitrogens with one attached hydrogen (secondary N) is 1. The third-order valence-corrected chi connectivity index (χ3v) is 11.8. The lowest BCUT2D eigenvalue weighted by Gasteiger charge is -2.27. The van der Waals surface area contributed by atoms with Crippen LogP contribution < -0.4 is 21.1 Å². The quantitative estimate of drug-likeness (QED) is 0.0396. The first kappa shape index (κ1) is 52.6. The number of anilines is 2. The molecule has 0 aliphatic rings. The first-order chi connectivity index (χ1) is 27.8. The molecule has 1 aromatic carbocycles. The molecule has 0 saturated carbocycles. The van der Waals surface area contributed by atoms with Gasteiger partial charge in [-0.2, -0.15) is 0 Å². The van der Waals surface area contributed by atoms with E-state index in [0.717, 1.165) is 122 Å². The maximum Gasteiger partial charge on any atom is 0.306 e. The largest absolute Gasteiger partial charge is 0.462 e. The predicted molar refractivity (Wildman–Crippen MR) is 243 cm³/mol. The molecule has 1 unspecified atom stereocenters. The summed E-state index contributed by atoms with van der Waals surface area (Å²) in [7, 11) is 1.71. The number of rotatable bonds is 42. The molecular weight excluding hydrogens is 713 g/mol. The molecule has 0 aliphatic carbocycles. The Balaban J connectivity index is 2.37. The van der Waals surface area contributed by atoms with Crippen LogP contribution in [-0.4, -0.2) is 44.3 Å². The highest BCUT2D eigenvalue weighted by Crippen LogP contribution is 2.23. The molecule has 332 valence electrons. The van der Waals surface area contributed by atoms with Crippen LogP contribution in [0.1, 0.15) is 246 Å². The Kier molecular flexibility index (Phi) is 33.9. The molecular formula is C49H90N2O6. The first-order valence-electron chi connectivity index (χ1n) is 24.5. The summed E-state index contributed by atoms with van der Waals surface area (Å²) < 4.78 is 11.8. The van der Waals surface area contributed by atoms with Gasteiger partial charge in [0.25, 0.3) is 10.9 Å². The molecule has 0 amide bonds. The van der Waals surface area contributed by atoms with Gasteiger partial charge in [0.15, 0.2) is 0 Å². The highest BCUT2D eigenvalue weighted by Gasteiger charge is 2.24. The van der Waals surface area contributed by atoms with Crippen molar-refractivity contribution in [3.8, 4) is 0 Å². The summed E-state index contributed by atoms with van der Waals surface area (Å²) in [6.07, 6.45) is 37.2. The molecule has 0 aromatic heterocycles. The SMILES string of the molecule is CCCCCCCCC(CC)OC(=O)CCCCCCCN(CCCCCCCC(=O)OC(CCCCCCCC)CCCCCCCC)c1c(NC)c(=O)c1=O. The topological polar surface area (TPSA) is 102 Å². The van der Waals surface area contributed by atoms with Crippen molar-refractivity contribution in [2.24, 2.45) is 0 Å². The Hall–Kier alpha value is -2.38. The minimum atomic E-state index is -0.422. The normalized spacial score (nSPS) is 12.0. The molecule has 0 bridgehead atoms. The number of unbranched alkanes of at least 4 members (excludes halogenated alkanes) is 23. The lowest BCUT2D eigenvalue weighted by Crippen LogP contribution is -2.43. The molecule has 0 spiro atoms. The van der Waals surface area contributed by atoms with Gasteiger partial charge < -0.3 is 19.7 Å². The smallest absolute Gasteiger partial charge is 0.306 e. The van der Waals surface area contributed by atoms with E-state index >= 15 is 0 Å². The third kappa shape index (κ3) is 26.4. The number of hydrogen-bond donors (Lipinski definition) is 1. The van der Waals surface area contributed by atoms with Crippen LogP contribution in [0.25, 0.3) is 0 Å². The van der Waals surface area contributed by atoms with E-state index in [0.29, 0.717) is 24.2 Å². The number of nitrogens with zero attached hydrogens (tertiary/aromatic N) is 1. The summed E-state index contributed by atoms with van der Waals surface area (Å²) in [6.45, 7) is 10.3. The van der Waals surface area contributed by atoms with E-state index in [4.69, 9.17) is 9.47 Å². The number of carbonyl (C=O) groups excluding carboxylic acids is 2. The van der Waals surface area contributed by atoms with Gasteiger partial charge in [-0.3, -0.25) is 19.2 Å². The van der Waals surface area contributed by atoms with E-state index in [9.17, 15) is 19.2 Å². The monoisotopic (exact) mass is 803 g/mol. The molecule has 0 heterocycles. The van der Waals surface area contributed by atoms with Crippen molar-refractivity contribution < 1.29 is 19.1 Å². The molecule has 57 heavy (non-hydrogen) atoms. The Bertz CT molecular complexity index is 1160. The van der Waals surface area contributed by atoms with E-state index in [2.05, 4.69) is 37.9 Å². The summed E-state index contributed by atoms with van der Waals surface area (Å²) in [5.41, 5.74) is 0.167. The maximum atomic E-state index is 12.8. The van der Waals surface area contributed by atoms with Gasteiger partial charge in [0, 0.05) is 33.0 Å². The number of carbonyl (C=O) groups is 2. The van der Waals surface area contributed by atoms with Gasteiger partial charge in [0.2, 0.25) is 0 Å². The van der Waals surface area contributed by atoms with Crippen LogP contribution in [0, 0.1) is 0 Å². The van der Waals surface area contributed by atoms with Crippen LogP contribution in [-0.2, 0) is 19.1 Å². The van der Waals surface area contributed by atoms with Crippen LogP contribution in [0.15, 0.2) is 9.59 Å². The van der Waals surface area contributed by atoms with Crippen LogP contribution in [0.4, 0.5) is 11.4 Å². The van der Waals surface area contributed by atoms with E-state index in [1.807, 2.05) is 0 Å². The fourth-order valence-corrected chi connectivity index (χ4v) is 8.01. The standard InChI is InChI=1S/C49H90N2O6/c1-6-10-13-16-21-28-35-42(9-4)56-44(52)38-31-24-19-26-33-40-51(47-46(50-5)48(54)49(47)55)41-34-27-20-25-32-39-45(53)57-43(36-29-22-17-14-11-7-2)37-30-23-18-15-12-8-3/h42-43,50H,6-41H2,1-5H3. The Morgan fingerprint density at radius 3 is 1.23 bits per heavy atom. The molecule has 1 N–H and O–H groups in total. The van der Waals surface area contributed by atoms with Crippen molar-refractivity contribution in [2.45, 2.75) is 258 Å². The Labute approximate surface area is 350 Å². The average Bonchev–Trinajstić information content (AvgIpc) is 3.21. The Morgan fingerprint density at radius 2 is 0.825 bits per heavy atom. The van der Waals surface area contributed by atoms with Crippen LogP contribution in [0.5, 0.6) is 0 Å². The summed E-state index contributed by atoms with van der Waals surface area (Å²) in [5, 5.41) is 2.94. The second-order valence-corrected chi connectivity index (χ2v) is 17.0. The molecule has 1 atom stereocenters. The zero-order valence-corrected chi connectivity index (χ0v) is 38.0. The summed E-state index contributed by atoms with van der Waals surface area (Å²) in [4.78, 5) is 52.2. The van der Waals surface area contributed by atoms with Crippen molar-refractivity contribution in [1.82, 2.24) is 0 Å². The molecule has 0 radical (unpaired) electrons.